The summed E-state index contributed by atoms with van der Waals surface area (Å²) < 4.78 is 19.3. The van der Waals surface area contributed by atoms with Gasteiger partial charge in [0.05, 0.1) is 0 Å². The number of anilines is 1. The van der Waals surface area contributed by atoms with E-state index in [2.05, 4.69) is 0 Å². The maximum absolute atomic E-state index is 13.6. The molecule has 0 bridgehead atoms. The molecule has 2 nitrogen and oxygen atoms in total. The summed E-state index contributed by atoms with van der Waals surface area (Å²) in [5, 5.41) is 0. The normalized spacial score (nSPS) is 10.4. The number of halogens is 1. The Hall–Kier alpha value is -2.03. The van der Waals surface area contributed by atoms with E-state index >= 15 is 0 Å². The lowest BCUT2D eigenvalue weighted by atomic mass is 10.1. The van der Waals surface area contributed by atoms with Gasteiger partial charge in [-0.3, -0.25) is 0 Å². The van der Waals surface area contributed by atoms with Gasteiger partial charge in [-0.05, 0) is 37.1 Å². The zero-order chi connectivity index (χ0) is 13.1. The van der Waals surface area contributed by atoms with Crippen molar-refractivity contribution in [2.75, 3.05) is 5.73 Å². The summed E-state index contributed by atoms with van der Waals surface area (Å²) in [6.07, 6.45) is 0. The summed E-state index contributed by atoms with van der Waals surface area (Å²) in [4.78, 5) is 0. The summed E-state index contributed by atoms with van der Waals surface area (Å²) in [6.45, 7) is 4.07. The minimum Gasteiger partial charge on any atom is -0.488 e. The molecular formula is C15H16FNO. The fraction of sp³-hybridized carbons (Fsp3) is 0.200. The first kappa shape index (κ1) is 12.4. The molecule has 0 radical (unpaired) electrons. The van der Waals surface area contributed by atoms with Crippen LogP contribution in [0.1, 0.15) is 16.7 Å². The molecule has 0 unspecified atom stereocenters. The smallest absolute Gasteiger partial charge is 0.131 e. The number of nitrogen functional groups attached to an aromatic ring is 1. The molecular weight excluding hydrogens is 229 g/mol. The Morgan fingerprint density at radius 1 is 1.06 bits per heavy atom. The fourth-order valence-corrected chi connectivity index (χ4v) is 1.90. The van der Waals surface area contributed by atoms with Crippen molar-refractivity contribution < 1.29 is 9.13 Å². The van der Waals surface area contributed by atoms with Crippen molar-refractivity contribution in [3.8, 4) is 5.75 Å². The van der Waals surface area contributed by atoms with Crippen LogP contribution in [0.15, 0.2) is 36.4 Å². The van der Waals surface area contributed by atoms with Gasteiger partial charge in [-0.2, -0.15) is 0 Å². The first-order valence-electron chi connectivity index (χ1n) is 5.81. The molecule has 18 heavy (non-hydrogen) atoms. The zero-order valence-electron chi connectivity index (χ0n) is 10.5. The summed E-state index contributed by atoms with van der Waals surface area (Å²) in [7, 11) is 0. The molecule has 0 amide bonds. The fourth-order valence-electron chi connectivity index (χ4n) is 1.90. The van der Waals surface area contributed by atoms with Crippen molar-refractivity contribution in [3.63, 3.8) is 0 Å². The first-order chi connectivity index (χ1) is 8.59. The van der Waals surface area contributed by atoms with E-state index in [1.807, 2.05) is 32.0 Å². The first-order valence-corrected chi connectivity index (χ1v) is 5.81. The Morgan fingerprint density at radius 3 is 2.28 bits per heavy atom. The number of ether oxygens (including phenoxy) is 1. The Morgan fingerprint density at radius 2 is 1.67 bits per heavy atom. The van der Waals surface area contributed by atoms with Crippen LogP contribution in [0.3, 0.4) is 0 Å². The van der Waals surface area contributed by atoms with Crippen LogP contribution in [-0.4, -0.2) is 0 Å². The van der Waals surface area contributed by atoms with Crippen LogP contribution >= 0.6 is 0 Å². The second kappa shape index (κ2) is 5.08. The summed E-state index contributed by atoms with van der Waals surface area (Å²) in [5.41, 5.74) is 8.63. The number of para-hydroxylation sites is 1. The maximum atomic E-state index is 13.6. The topological polar surface area (TPSA) is 35.2 Å². The highest BCUT2D eigenvalue weighted by molar-refractivity contribution is 5.47. The number of hydrogen-bond donors (Lipinski definition) is 1. The number of benzene rings is 2. The quantitative estimate of drug-likeness (QED) is 0.838. The number of hydrogen-bond acceptors (Lipinski definition) is 2. The highest BCUT2D eigenvalue weighted by Crippen LogP contribution is 2.25. The molecule has 0 saturated carbocycles. The van der Waals surface area contributed by atoms with E-state index < -0.39 is 0 Å². The van der Waals surface area contributed by atoms with Crippen LogP contribution < -0.4 is 10.5 Å². The van der Waals surface area contributed by atoms with Gasteiger partial charge in [0.25, 0.3) is 0 Å². The molecule has 2 aromatic rings. The number of aryl methyl sites for hydroxylation is 2. The second-order valence-corrected chi connectivity index (χ2v) is 4.32. The van der Waals surface area contributed by atoms with Crippen molar-refractivity contribution in [1.29, 1.82) is 0 Å². The van der Waals surface area contributed by atoms with Crippen molar-refractivity contribution in [1.82, 2.24) is 0 Å². The van der Waals surface area contributed by atoms with Crippen LogP contribution in [0.4, 0.5) is 10.1 Å². The Bertz CT molecular complexity index is 474. The maximum Gasteiger partial charge on any atom is 0.131 e. The molecule has 0 aliphatic heterocycles. The van der Waals surface area contributed by atoms with Gasteiger partial charge >= 0.3 is 0 Å². The molecule has 3 heteroatoms. The lowest BCUT2D eigenvalue weighted by molar-refractivity contribution is 0.296. The van der Waals surface area contributed by atoms with Gasteiger partial charge in [-0.25, -0.2) is 4.39 Å². The van der Waals surface area contributed by atoms with Gasteiger partial charge in [0, 0.05) is 11.3 Å². The largest absolute Gasteiger partial charge is 0.488 e. The monoisotopic (exact) mass is 245 g/mol. The predicted molar refractivity (Wildman–Crippen MR) is 71.1 cm³/mol. The molecule has 0 aromatic heterocycles. The average Bonchev–Trinajstić information content (AvgIpc) is 2.31. The summed E-state index contributed by atoms with van der Waals surface area (Å²) >= 11 is 0. The van der Waals surface area contributed by atoms with Gasteiger partial charge in [0.2, 0.25) is 0 Å². The average molecular weight is 245 g/mol. The molecule has 0 aliphatic rings. The molecule has 94 valence electrons. The third kappa shape index (κ3) is 2.45. The van der Waals surface area contributed by atoms with Gasteiger partial charge in [0.1, 0.15) is 18.2 Å². The standard InChI is InChI=1S/C15H16FNO/c1-10-5-3-6-11(2)15(10)18-9-12-13(16)7-4-8-14(12)17/h3-8H,9,17H2,1-2H3. The van der Waals surface area contributed by atoms with Crippen LogP contribution in [0.5, 0.6) is 5.75 Å². The molecule has 2 rings (SSSR count). The van der Waals surface area contributed by atoms with E-state index in [1.54, 1.807) is 12.1 Å². The van der Waals surface area contributed by atoms with Crippen molar-refractivity contribution in [2.45, 2.75) is 20.5 Å². The van der Waals surface area contributed by atoms with Crippen LogP contribution in [-0.2, 0) is 6.61 Å². The Balaban J connectivity index is 2.22. The van der Waals surface area contributed by atoms with E-state index in [0.717, 1.165) is 16.9 Å². The van der Waals surface area contributed by atoms with Crippen LogP contribution in [0.25, 0.3) is 0 Å². The van der Waals surface area contributed by atoms with Gasteiger partial charge in [-0.1, -0.05) is 24.3 Å². The lowest BCUT2D eigenvalue weighted by Crippen LogP contribution is -2.04. The summed E-state index contributed by atoms with van der Waals surface area (Å²) in [6, 6.07) is 10.6. The SMILES string of the molecule is Cc1cccc(C)c1OCc1c(N)cccc1F. The van der Waals surface area contributed by atoms with E-state index in [4.69, 9.17) is 10.5 Å². The van der Waals surface area contributed by atoms with Crippen molar-refractivity contribution in [2.24, 2.45) is 0 Å². The highest BCUT2D eigenvalue weighted by Gasteiger charge is 2.09. The molecule has 0 spiro atoms. The predicted octanol–water partition coefficient (Wildman–Crippen LogP) is 3.60. The lowest BCUT2D eigenvalue weighted by Gasteiger charge is -2.13. The molecule has 0 heterocycles. The van der Waals surface area contributed by atoms with Crippen LogP contribution in [0, 0.1) is 19.7 Å². The van der Waals surface area contributed by atoms with Crippen LogP contribution in [0.2, 0.25) is 0 Å². The molecule has 0 saturated heterocycles. The Labute approximate surface area is 106 Å². The van der Waals surface area contributed by atoms with Crippen molar-refractivity contribution in [3.05, 3.63) is 58.9 Å². The third-order valence-electron chi connectivity index (χ3n) is 2.92. The minimum absolute atomic E-state index is 0.143. The molecule has 2 aromatic carbocycles. The van der Waals surface area contributed by atoms with Gasteiger partial charge in [-0.15, -0.1) is 0 Å². The van der Waals surface area contributed by atoms with E-state index in [1.165, 1.54) is 6.07 Å². The molecule has 2 N–H and O–H groups in total. The van der Waals surface area contributed by atoms with E-state index in [-0.39, 0.29) is 12.4 Å². The number of rotatable bonds is 3. The third-order valence-corrected chi connectivity index (χ3v) is 2.92. The Kier molecular flexibility index (Phi) is 3.51. The van der Waals surface area contributed by atoms with E-state index in [0.29, 0.717) is 11.3 Å². The second-order valence-electron chi connectivity index (χ2n) is 4.32. The molecule has 0 fully saturated rings. The van der Waals surface area contributed by atoms with Gasteiger partial charge in [0.15, 0.2) is 0 Å². The summed E-state index contributed by atoms with van der Waals surface area (Å²) in [5.74, 6) is 0.460. The van der Waals surface area contributed by atoms with E-state index in [9.17, 15) is 4.39 Å². The van der Waals surface area contributed by atoms with Gasteiger partial charge < -0.3 is 10.5 Å². The van der Waals surface area contributed by atoms with Crippen molar-refractivity contribution >= 4 is 5.69 Å². The molecule has 0 aliphatic carbocycles. The highest BCUT2D eigenvalue weighted by atomic mass is 19.1. The number of nitrogens with two attached hydrogens (primary N) is 1. The zero-order valence-corrected chi connectivity index (χ0v) is 10.5. The molecule has 0 atom stereocenters. The minimum atomic E-state index is -0.332.